The summed E-state index contributed by atoms with van der Waals surface area (Å²) in [4.78, 5) is 13.8. The molecule has 1 aliphatic rings. The number of hydrogen-bond donors (Lipinski definition) is 1. The summed E-state index contributed by atoms with van der Waals surface area (Å²) in [6, 6.07) is 3.94. The van der Waals surface area contributed by atoms with Crippen molar-refractivity contribution in [2.75, 3.05) is 6.54 Å². The van der Waals surface area contributed by atoms with Gasteiger partial charge in [-0.1, -0.05) is 6.07 Å². The highest BCUT2D eigenvalue weighted by Gasteiger charge is 2.26. The highest BCUT2D eigenvalue weighted by Crippen LogP contribution is 2.28. The first-order chi connectivity index (χ1) is 10.0. The van der Waals surface area contributed by atoms with Crippen LogP contribution in [0.2, 0.25) is 0 Å². The molecular weight excluding hydrogens is 274 g/mol. The van der Waals surface area contributed by atoms with Gasteiger partial charge in [-0.05, 0) is 44.2 Å². The van der Waals surface area contributed by atoms with Gasteiger partial charge in [0, 0.05) is 24.6 Å². The Morgan fingerprint density at radius 2 is 2.00 bits per heavy atom. The summed E-state index contributed by atoms with van der Waals surface area (Å²) in [7, 11) is 0. The Morgan fingerprint density at radius 3 is 2.52 bits per heavy atom. The average molecular weight is 296 g/mol. The van der Waals surface area contributed by atoms with E-state index in [1.807, 2.05) is 6.92 Å². The number of rotatable bonds is 5. The summed E-state index contributed by atoms with van der Waals surface area (Å²) < 4.78 is 27.3. The molecule has 0 bridgehead atoms. The lowest BCUT2D eigenvalue weighted by atomic mass is 10.0. The summed E-state index contributed by atoms with van der Waals surface area (Å²) in [5.74, 6) is -0.973. The predicted octanol–water partition coefficient (Wildman–Crippen LogP) is 2.83. The monoisotopic (exact) mass is 296 g/mol. The van der Waals surface area contributed by atoms with Crippen LogP contribution in [0.4, 0.5) is 8.78 Å². The quantitative estimate of drug-likeness (QED) is 0.908. The molecule has 0 heterocycles. The van der Waals surface area contributed by atoms with Crippen LogP contribution >= 0.6 is 0 Å². The molecule has 1 amide bonds. The van der Waals surface area contributed by atoms with E-state index >= 15 is 0 Å². The number of benzene rings is 1. The molecule has 21 heavy (non-hydrogen) atoms. The second-order valence-electron chi connectivity index (χ2n) is 5.75. The molecule has 1 aromatic rings. The fourth-order valence-electron chi connectivity index (χ4n) is 2.93. The predicted molar refractivity (Wildman–Crippen MR) is 77.4 cm³/mol. The van der Waals surface area contributed by atoms with Crippen molar-refractivity contribution < 1.29 is 13.6 Å². The van der Waals surface area contributed by atoms with Crippen molar-refractivity contribution in [2.24, 2.45) is 11.7 Å². The molecule has 0 radical (unpaired) electrons. The molecule has 1 fully saturated rings. The topological polar surface area (TPSA) is 46.3 Å². The van der Waals surface area contributed by atoms with Crippen LogP contribution in [0.5, 0.6) is 0 Å². The van der Waals surface area contributed by atoms with E-state index in [1.165, 1.54) is 23.1 Å². The lowest BCUT2D eigenvalue weighted by Gasteiger charge is -2.23. The van der Waals surface area contributed by atoms with E-state index in [4.69, 9.17) is 5.73 Å². The zero-order valence-corrected chi connectivity index (χ0v) is 12.3. The average Bonchev–Trinajstić information content (AvgIpc) is 2.83. The van der Waals surface area contributed by atoms with Gasteiger partial charge >= 0.3 is 0 Å². The van der Waals surface area contributed by atoms with Gasteiger partial charge in [-0.15, -0.1) is 0 Å². The number of nitrogens with two attached hydrogens (primary N) is 1. The van der Waals surface area contributed by atoms with E-state index in [-0.39, 0.29) is 24.1 Å². The van der Waals surface area contributed by atoms with Gasteiger partial charge < -0.3 is 10.6 Å². The van der Waals surface area contributed by atoms with Crippen molar-refractivity contribution in [3.8, 4) is 0 Å². The maximum absolute atomic E-state index is 13.7. The third-order valence-corrected chi connectivity index (χ3v) is 4.19. The summed E-state index contributed by atoms with van der Waals surface area (Å²) in [5.41, 5.74) is 5.80. The molecular formula is C16H22F2N2O. The number of halogens is 2. The third kappa shape index (κ3) is 4.00. The maximum atomic E-state index is 13.7. The van der Waals surface area contributed by atoms with Gasteiger partial charge in [0.2, 0.25) is 5.91 Å². The van der Waals surface area contributed by atoms with Crippen LogP contribution in [0.25, 0.3) is 0 Å². The lowest BCUT2D eigenvalue weighted by Crippen LogP contribution is -2.32. The summed E-state index contributed by atoms with van der Waals surface area (Å²) in [5, 5.41) is 0. The standard InChI is InChI=1S/C16H22F2N2O/c1-2-20(10-13-14(17)4-3-5-15(13)18)16(21)9-11-6-7-12(19)8-11/h3-5,11-12H,2,6-10,19H2,1H3/t11-,12+/m1/s1. The zero-order valence-electron chi connectivity index (χ0n) is 12.3. The largest absolute Gasteiger partial charge is 0.338 e. The highest BCUT2D eigenvalue weighted by atomic mass is 19.1. The van der Waals surface area contributed by atoms with Crippen LogP contribution in [0.3, 0.4) is 0 Å². The molecule has 3 nitrogen and oxygen atoms in total. The van der Waals surface area contributed by atoms with E-state index < -0.39 is 11.6 Å². The van der Waals surface area contributed by atoms with Crippen molar-refractivity contribution in [3.63, 3.8) is 0 Å². The molecule has 0 saturated heterocycles. The molecule has 2 rings (SSSR count). The molecule has 116 valence electrons. The van der Waals surface area contributed by atoms with E-state index in [0.717, 1.165) is 19.3 Å². The Kier molecular flexibility index (Phi) is 5.28. The zero-order chi connectivity index (χ0) is 15.4. The van der Waals surface area contributed by atoms with Gasteiger partial charge in [0.05, 0.1) is 6.54 Å². The molecule has 1 aromatic carbocycles. The van der Waals surface area contributed by atoms with Crippen LogP contribution in [-0.4, -0.2) is 23.4 Å². The van der Waals surface area contributed by atoms with Crippen LogP contribution < -0.4 is 5.73 Å². The van der Waals surface area contributed by atoms with E-state index in [0.29, 0.717) is 18.9 Å². The molecule has 0 aliphatic heterocycles. The van der Waals surface area contributed by atoms with Crippen LogP contribution in [-0.2, 0) is 11.3 Å². The first kappa shape index (κ1) is 15.9. The molecule has 2 N–H and O–H groups in total. The minimum absolute atomic E-state index is 0.0212. The Balaban J connectivity index is 2.00. The Bertz CT molecular complexity index is 487. The fourth-order valence-corrected chi connectivity index (χ4v) is 2.93. The summed E-state index contributed by atoms with van der Waals surface area (Å²) in [6.07, 6.45) is 3.18. The van der Waals surface area contributed by atoms with Crippen molar-refractivity contribution in [1.82, 2.24) is 4.90 Å². The summed E-state index contributed by atoms with van der Waals surface area (Å²) in [6.45, 7) is 2.23. The van der Waals surface area contributed by atoms with Gasteiger partial charge in [-0.2, -0.15) is 0 Å². The minimum Gasteiger partial charge on any atom is -0.338 e. The number of carbonyl (C=O) groups is 1. The first-order valence-corrected chi connectivity index (χ1v) is 7.47. The van der Waals surface area contributed by atoms with Gasteiger partial charge in [0.25, 0.3) is 0 Å². The Hall–Kier alpha value is -1.49. The SMILES string of the molecule is CCN(Cc1c(F)cccc1F)C(=O)C[C@@H]1CC[C@H](N)C1. The van der Waals surface area contributed by atoms with Gasteiger partial charge in [-0.25, -0.2) is 8.78 Å². The van der Waals surface area contributed by atoms with Crippen molar-refractivity contribution in [2.45, 2.75) is 45.2 Å². The molecule has 5 heteroatoms. The van der Waals surface area contributed by atoms with E-state index in [1.54, 1.807) is 0 Å². The minimum atomic E-state index is -0.607. The summed E-state index contributed by atoms with van der Waals surface area (Å²) >= 11 is 0. The fraction of sp³-hybridized carbons (Fsp3) is 0.562. The molecule has 1 aliphatic carbocycles. The smallest absolute Gasteiger partial charge is 0.223 e. The molecule has 0 aromatic heterocycles. The first-order valence-electron chi connectivity index (χ1n) is 7.47. The number of amides is 1. The van der Waals surface area contributed by atoms with Gasteiger partial charge in [0.15, 0.2) is 0 Å². The second kappa shape index (κ2) is 6.98. The number of carbonyl (C=O) groups excluding carboxylic acids is 1. The molecule has 1 saturated carbocycles. The van der Waals surface area contributed by atoms with E-state index in [9.17, 15) is 13.6 Å². The molecule has 0 spiro atoms. The second-order valence-corrected chi connectivity index (χ2v) is 5.75. The van der Waals surface area contributed by atoms with Crippen LogP contribution in [0.1, 0.15) is 38.2 Å². The third-order valence-electron chi connectivity index (χ3n) is 4.19. The van der Waals surface area contributed by atoms with E-state index in [2.05, 4.69) is 0 Å². The van der Waals surface area contributed by atoms with Gasteiger partial charge in [0.1, 0.15) is 11.6 Å². The van der Waals surface area contributed by atoms with Crippen LogP contribution in [0.15, 0.2) is 18.2 Å². The lowest BCUT2D eigenvalue weighted by molar-refractivity contribution is -0.132. The van der Waals surface area contributed by atoms with Gasteiger partial charge in [-0.3, -0.25) is 4.79 Å². The number of nitrogens with zero attached hydrogens (tertiary/aromatic N) is 1. The Labute approximate surface area is 124 Å². The normalized spacial score (nSPS) is 21.5. The van der Waals surface area contributed by atoms with Crippen molar-refractivity contribution >= 4 is 5.91 Å². The highest BCUT2D eigenvalue weighted by molar-refractivity contribution is 5.76. The molecule has 2 atom stereocenters. The maximum Gasteiger partial charge on any atom is 0.223 e. The Morgan fingerprint density at radius 1 is 1.33 bits per heavy atom. The molecule has 0 unspecified atom stereocenters. The van der Waals surface area contributed by atoms with Crippen molar-refractivity contribution in [3.05, 3.63) is 35.4 Å². The number of hydrogen-bond acceptors (Lipinski definition) is 2. The van der Waals surface area contributed by atoms with Crippen LogP contribution in [0, 0.1) is 17.6 Å². The van der Waals surface area contributed by atoms with Crippen molar-refractivity contribution in [1.29, 1.82) is 0 Å².